The number of hydrogen-bond acceptors (Lipinski definition) is 6. The van der Waals surface area contributed by atoms with Crippen LogP contribution in [-0.2, 0) is 4.74 Å². The van der Waals surface area contributed by atoms with Crippen LogP contribution in [0.3, 0.4) is 0 Å². The van der Waals surface area contributed by atoms with Gasteiger partial charge in [-0.05, 0) is 6.54 Å². The van der Waals surface area contributed by atoms with E-state index in [2.05, 4.69) is 5.73 Å². The minimum absolute atomic E-state index is 0. The van der Waals surface area contributed by atoms with Gasteiger partial charge in [-0.15, -0.1) is 11.6 Å². The van der Waals surface area contributed by atoms with Crippen LogP contribution in [-0.4, -0.2) is 37.0 Å². The number of rotatable bonds is 1. The lowest BCUT2D eigenvalue weighted by Gasteiger charge is -1.67. The minimum Gasteiger partial charge on any atom is -0.382 e. The molecule has 0 aromatic rings. The van der Waals surface area contributed by atoms with E-state index in [9.17, 15) is 0 Å². The van der Waals surface area contributed by atoms with E-state index < -0.39 is 0 Å². The second-order valence-corrected chi connectivity index (χ2v) is 2.01. The Morgan fingerprint density at radius 1 is 1.43 bits per heavy atom. The zero-order valence-electron chi connectivity index (χ0n) is 8.21. The third-order valence-electron chi connectivity index (χ3n) is 0.574. The van der Waals surface area contributed by atoms with Gasteiger partial charge in [-0.25, -0.2) is 0 Å². The molecule has 1 fully saturated rings. The van der Waals surface area contributed by atoms with Crippen molar-refractivity contribution in [3.63, 3.8) is 0 Å². The summed E-state index contributed by atoms with van der Waals surface area (Å²) in [5, 5.41) is 7.35. The Bertz CT molecular complexity index is 65.7. The minimum atomic E-state index is -0.250. The van der Waals surface area contributed by atoms with E-state index in [1.807, 2.05) is 6.92 Å². The molecular formula is C7H27ClN4O2. The lowest BCUT2D eigenvalue weighted by Crippen LogP contribution is -1.92. The first kappa shape index (κ1) is 29.2. The first-order valence-electron chi connectivity index (χ1n) is 3.45. The Morgan fingerprint density at radius 2 is 1.64 bits per heavy atom. The predicted molar refractivity (Wildman–Crippen MR) is 63.2 cm³/mol. The van der Waals surface area contributed by atoms with Gasteiger partial charge in [0.25, 0.3) is 0 Å². The number of ether oxygens (including phenoxy) is 1. The lowest BCUT2D eigenvalue weighted by atomic mass is 10.6. The van der Waals surface area contributed by atoms with Crippen molar-refractivity contribution in [3.05, 3.63) is 0 Å². The van der Waals surface area contributed by atoms with Crippen molar-refractivity contribution in [1.29, 1.82) is 0 Å². The van der Waals surface area contributed by atoms with Crippen molar-refractivity contribution in [1.82, 2.24) is 12.3 Å². The molecule has 0 aromatic heterocycles. The summed E-state index contributed by atoms with van der Waals surface area (Å²) in [6, 6.07) is 0. The number of aliphatic hydroxyl groups excluding tert-OH is 1. The average molecular weight is 235 g/mol. The molecule has 1 rings (SSSR count). The highest BCUT2D eigenvalue weighted by molar-refractivity contribution is 6.18. The maximum Gasteiger partial charge on any atom is 0.0944 e. The van der Waals surface area contributed by atoms with Crippen molar-refractivity contribution < 1.29 is 9.84 Å². The lowest BCUT2D eigenvalue weighted by molar-refractivity contribution is 0.307. The molecule has 0 amide bonds. The summed E-state index contributed by atoms with van der Waals surface area (Å²) in [5.41, 5.74) is 9.25. The molecule has 0 aliphatic carbocycles. The topological polar surface area (TPSA) is 155 Å². The predicted octanol–water partition coefficient (Wildman–Crippen LogP) is 0.444. The van der Waals surface area contributed by atoms with Crippen LogP contribution in [0.5, 0.6) is 0 Å². The molecule has 94 valence electrons. The molecule has 1 atom stereocenters. The molecule has 0 aromatic carbocycles. The standard InChI is InChI=1S/C3H5ClO.C2H7N.CH5NO.CH4.2H3N/c4-1-3-2-5-3;1-2-3;2-1-3;;;/h3H,1-2H2;2-3H2,1H3;3H,1-2H2;1H4;2*1H3. The van der Waals surface area contributed by atoms with Gasteiger partial charge in [-0.2, -0.15) is 0 Å². The Morgan fingerprint density at radius 3 is 1.64 bits per heavy atom. The maximum atomic E-state index is 7.35. The Hall–Kier alpha value is 0.0500. The summed E-state index contributed by atoms with van der Waals surface area (Å²) in [6.45, 7) is 3.28. The molecule has 6 nitrogen and oxygen atoms in total. The van der Waals surface area contributed by atoms with Gasteiger partial charge in [0.1, 0.15) is 0 Å². The van der Waals surface area contributed by atoms with Crippen molar-refractivity contribution in [2.24, 2.45) is 11.5 Å². The first-order valence-corrected chi connectivity index (χ1v) is 3.98. The quantitative estimate of drug-likeness (QED) is 0.252. The molecule has 7 heteroatoms. The second-order valence-electron chi connectivity index (χ2n) is 1.70. The van der Waals surface area contributed by atoms with E-state index in [0.717, 1.165) is 13.2 Å². The molecule has 0 spiro atoms. The summed E-state index contributed by atoms with van der Waals surface area (Å²) in [5.74, 6) is 0.667. The highest BCUT2D eigenvalue weighted by Gasteiger charge is 2.19. The summed E-state index contributed by atoms with van der Waals surface area (Å²) in [7, 11) is 0. The van der Waals surface area contributed by atoms with Crippen LogP contribution in [0.25, 0.3) is 0 Å². The van der Waals surface area contributed by atoms with Crippen LogP contribution < -0.4 is 23.8 Å². The highest BCUT2D eigenvalue weighted by atomic mass is 35.5. The SMILES string of the molecule is C.CCN.ClCC1CO1.N.N.NCO. The normalized spacial score (nSPS) is 14.8. The van der Waals surface area contributed by atoms with E-state index in [1.165, 1.54) is 0 Å². The van der Waals surface area contributed by atoms with Crippen molar-refractivity contribution >= 4 is 11.6 Å². The summed E-state index contributed by atoms with van der Waals surface area (Å²) in [6.07, 6.45) is 0.400. The van der Waals surface area contributed by atoms with Crippen LogP contribution in [0.4, 0.5) is 0 Å². The summed E-state index contributed by atoms with van der Waals surface area (Å²) in [4.78, 5) is 0. The molecule has 1 saturated heterocycles. The molecule has 0 radical (unpaired) electrons. The van der Waals surface area contributed by atoms with Crippen LogP contribution in [0.15, 0.2) is 0 Å². The third-order valence-corrected chi connectivity index (χ3v) is 0.919. The van der Waals surface area contributed by atoms with Crippen molar-refractivity contribution in [3.8, 4) is 0 Å². The summed E-state index contributed by atoms with van der Waals surface area (Å²) >= 11 is 5.27. The van der Waals surface area contributed by atoms with Gasteiger partial charge in [-0.1, -0.05) is 14.4 Å². The fraction of sp³-hybridized carbons (Fsp3) is 1.00. The van der Waals surface area contributed by atoms with E-state index in [4.69, 9.17) is 27.2 Å². The van der Waals surface area contributed by atoms with Gasteiger partial charge in [0, 0.05) is 0 Å². The van der Waals surface area contributed by atoms with Crippen molar-refractivity contribution in [2.75, 3.05) is 25.8 Å². The zero-order valence-corrected chi connectivity index (χ0v) is 8.96. The molecular weight excluding hydrogens is 208 g/mol. The van der Waals surface area contributed by atoms with Gasteiger partial charge in [-0.3, -0.25) is 0 Å². The molecule has 0 saturated carbocycles. The van der Waals surface area contributed by atoms with Crippen LogP contribution >= 0.6 is 11.6 Å². The van der Waals surface area contributed by atoms with Gasteiger partial charge in [0.15, 0.2) is 0 Å². The van der Waals surface area contributed by atoms with Crippen molar-refractivity contribution in [2.45, 2.75) is 20.5 Å². The molecule has 1 unspecified atom stereocenters. The smallest absolute Gasteiger partial charge is 0.0944 e. The molecule has 1 heterocycles. The van der Waals surface area contributed by atoms with Crippen LogP contribution in [0.1, 0.15) is 14.4 Å². The maximum absolute atomic E-state index is 7.35. The zero-order chi connectivity index (χ0) is 9.11. The molecule has 1 aliphatic heterocycles. The number of nitrogens with two attached hydrogens (primary N) is 2. The second kappa shape index (κ2) is 29.2. The number of halogens is 1. The highest BCUT2D eigenvalue weighted by Crippen LogP contribution is 2.08. The number of hydrogen-bond donors (Lipinski definition) is 5. The van der Waals surface area contributed by atoms with Gasteiger partial charge >= 0.3 is 0 Å². The van der Waals surface area contributed by atoms with E-state index in [1.54, 1.807) is 0 Å². The Balaban J connectivity index is -0.0000000276. The fourth-order valence-corrected chi connectivity index (χ4v) is 0.335. The molecule has 11 N–H and O–H groups in total. The number of aliphatic hydroxyl groups is 1. The van der Waals surface area contributed by atoms with E-state index >= 15 is 0 Å². The number of epoxide rings is 1. The van der Waals surface area contributed by atoms with E-state index in [-0.39, 0.29) is 26.5 Å². The largest absolute Gasteiger partial charge is 0.382 e. The Kier molecular flexibility index (Phi) is 61.0. The van der Waals surface area contributed by atoms with Gasteiger partial charge < -0.3 is 33.6 Å². The molecule has 14 heavy (non-hydrogen) atoms. The van der Waals surface area contributed by atoms with Gasteiger partial charge in [0.05, 0.1) is 25.3 Å². The molecule has 1 aliphatic rings. The van der Waals surface area contributed by atoms with Crippen LogP contribution in [0.2, 0.25) is 0 Å². The number of alkyl halides is 1. The average Bonchev–Trinajstić information content (AvgIpc) is 2.72. The fourth-order valence-electron chi connectivity index (χ4n) is 0.157. The summed E-state index contributed by atoms with van der Waals surface area (Å²) < 4.78 is 4.73. The first-order chi connectivity index (χ1) is 5.26. The Labute approximate surface area is 92.1 Å². The van der Waals surface area contributed by atoms with Crippen LogP contribution in [0, 0.1) is 0 Å². The van der Waals surface area contributed by atoms with Gasteiger partial charge in [0.2, 0.25) is 0 Å². The van der Waals surface area contributed by atoms with E-state index in [0.29, 0.717) is 12.0 Å². The third kappa shape index (κ3) is 57.7. The monoisotopic (exact) mass is 234 g/mol. The molecule has 0 bridgehead atoms.